The van der Waals surface area contributed by atoms with Crippen LogP contribution < -0.4 is 5.32 Å². The first kappa shape index (κ1) is 14.1. The number of halogens is 2. The highest BCUT2D eigenvalue weighted by molar-refractivity contribution is 5.14. The van der Waals surface area contributed by atoms with Crippen molar-refractivity contribution in [1.82, 2.24) is 10.2 Å². The van der Waals surface area contributed by atoms with Crippen molar-refractivity contribution in [2.24, 2.45) is 0 Å². The highest BCUT2D eigenvalue weighted by Crippen LogP contribution is 2.02. The highest BCUT2D eigenvalue weighted by Gasteiger charge is 2.02. The predicted octanol–water partition coefficient (Wildman–Crippen LogP) is 2.36. The van der Waals surface area contributed by atoms with E-state index in [4.69, 9.17) is 0 Å². The molecule has 1 N–H and O–H groups in total. The van der Waals surface area contributed by atoms with Crippen molar-refractivity contribution in [1.29, 1.82) is 0 Å². The average Bonchev–Trinajstić information content (AvgIpc) is 2.29. The van der Waals surface area contributed by atoms with Crippen molar-refractivity contribution in [2.75, 3.05) is 26.7 Å². The Kier molecular flexibility index (Phi) is 6.74. The molecule has 0 saturated carbocycles. The molecule has 1 rings (SSSR count). The Morgan fingerprint density at radius 1 is 1.24 bits per heavy atom. The second kappa shape index (κ2) is 8.14. The molecule has 4 heteroatoms. The van der Waals surface area contributed by atoms with Crippen LogP contribution in [-0.4, -0.2) is 38.0 Å². The lowest BCUT2D eigenvalue weighted by molar-refractivity contribution is 0.145. The van der Waals surface area contributed by atoms with Gasteiger partial charge in [0.05, 0.1) is 6.54 Å². The minimum Gasteiger partial charge on any atom is -0.311 e. The van der Waals surface area contributed by atoms with Crippen LogP contribution in [0.25, 0.3) is 0 Å². The summed E-state index contributed by atoms with van der Waals surface area (Å²) in [6.45, 7) is 2.24. The quantitative estimate of drug-likeness (QED) is 0.704. The smallest absolute Gasteiger partial charge is 0.250 e. The number of nitrogens with one attached hydrogen (secondary N) is 1. The summed E-state index contributed by atoms with van der Waals surface area (Å²) in [7, 11) is 2.04. The molecule has 0 spiro atoms. The van der Waals surface area contributed by atoms with Gasteiger partial charge in [0.15, 0.2) is 0 Å². The maximum atomic E-state index is 11.8. The molecule has 0 radical (unpaired) electrons. The molecule has 0 unspecified atom stereocenters. The van der Waals surface area contributed by atoms with Gasteiger partial charge in [-0.1, -0.05) is 30.3 Å². The summed E-state index contributed by atoms with van der Waals surface area (Å²) in [6.07, 6.45) is -1.37. The Hall–Kier alpha value is -1.00. The van der Waals surface area contributed by atoms with Gasteiger partial charge in [-0.3, -0.25) is 0 Å². The van der Waals surface area contributed by atoms with Crippen LogP contribution in [0.3, 0.4) is 0 Å². The van der Waals surface area contributed by atoms with E-state index in [1.54, 1.807) is 0 Å². The summed E-state index contributed by atoms with van der Waals surface area (Å²) in [4.78, 5) is 2.19. The van der Waals surface area contributed by atoms with Gasteiger partial charge >= 0.3 is 0 Å². The van der Waals surface area contributed by atoms with E-state index in [0.717, 1.165) is 19.5 Å². The predicted molar refractivity (Wildman–Crippen MR) is 66.3 cm³/mol. The molecule has 2 nitrogen and oxygen atoms in total. The first-order valence-corrected chi connectivity index (χ1v) is 5.90. The second-order valence-electron chi connectivity index (χ2n) is 4.17. The topological polar surface area (TPSA) is 15.3 Å². The zero-order chi connectivity index (χ0) is 12.5. The third kappa shape index (κ3) is 7.02. The van der Waals surface area contributed by atoms with Crippen molar-refractivity contribution >= 4 is 0 Å². The number of alkyl halides is 2. The van der Waals surface area contributed by atoms with Gasteiger partial charge in [-0.05, 0) is 32.1 Å². The van der Waals surface area contributed by atoms with E-state index >= 15 is 0 Å². The molecule has 0 heterocycles. The van der Waals surface area contributed by atoms with E-state index in [-0.39, 0.29) is 6.54 Å². The first-order chi connectivity index (χ1) is 8.18. The Labute approximate surface area is 102 Å². The summed E-state index contributed by atoms with van der Waals surface area (Å²) in [6, 6.07) is 10.2. The lowest BCUT2D eigenvalue weighted by Gasteiger charge is -2.16. The van der Waals surface area contributed by atoms with Crippen LogP contribution in [0, 0.1) is 0 Å². The number of benzene rings is 1. The Morgan fingerprint density at radius 3 is 2.59 bits per heavy atom. The van der Waals surface area contributed by atoms with Gasteiger partial charge in [-0.15, -0.1) is 0 Å². The molecule has 1 aromatic rings. The van der Waals surface area contributed by atoms with Crippen LogP contribution in [0.2, 0.25) is 0 Å². The summed E-state index contributed by atoms with van der Waals surface area (Å²) in [5.41, 5.74) is 1.27. The lowest BCUT2D eigenvalue weighted by Crippen LogP contribution is -2.26. The molecular weight excluding hydrogens is 222 g/mol. The summed E-state index contributed by atoms with van der Waals surface area (Å²) in [5, 5.41) is 2.73. The van der Waals surface area contributed by atoms with Gasteiger partial charge < -0.3 is 10.2 Å². The number of rotatable bonds is 8. The van der Waals surface area contributed by atoms with Gasteiger partial charge in [-0.2, -0.15) is 0 Å². The largest absolute Gasteiger partial charge is 0.311 e. The number of nitrogens with zero attached hydrogens (tertiary/aromatic N) is 1. The van der Waals surface area contributed by atoms with Crippen LogP contribution in [0.15, 0.2) is 30.3 Å². The average molecular weight is 242 g/mol. The number of hydrogen-bond acceptors (Lipinski definition) is 2. The Morgan fingerprint density at radius 2 is 1.94 bits per heavy atom. The molecule has 0 saturated heterocycles. The Bertz CT molecular complexity index is 291. The van der Waals surface area contributed by atoms with Crippen LogP contribution in [0.1, 0.15) is 12.0 Å². The highest BCUT2D eigenvalue weighted by atomic mass is 19.3. The summed E-state index contributed by atoms with van der Waals surface area (Å²) >= 11 is 0. The monoisotopic (exact) mass is 242 g/mol. The van der Waals surface area contributed by atoms with Gasteiger partial charge in [0.25, 0.3) is 6.43 Å². The van der Waals surface area contributed by atoms with E-state index in [1.165, 1.54) is 5.56 Å². The van der Waals surface area contributed by atoms with E-state index in [1.807, 2.05) is 25.2 Å². The minimum atomic E-state index is -2.25. The molecule has 0 aliphatic heterocycles. The van der Waals surface area contributed by atoms with E-state index in [0.29, 0.717) is 6.54 Å². The molecular formula is C13H20F2N2. The fraction of sp³-hybridized carbons (Fsp3) is 0.538. The Balaban J connectivity index is 2.07. The zero-order valence-electron chi connectivity index (χ0n) is 10.2. The fourth-order valence-electron chi connectivity index (χ4n) is 1.66. The fourth-order valence-corrected chi connectivity index (χ4v) is 1.66. The number of hydrogen-bond donors (Lipinski definition) is 1. The van der Waals surface area contributed by atoms with Crippen molar-refractivity contribution in [2.45, 2.75) is 19.4 Å². The van der Waals surface area contributed by atoms with Crippen molar-refractivity contribution in [3.63, 3.8) is 0 Å². The molecule has 0 fully saturated rings. The molecule has 0 aliphatic rings. The molecule has 17 heavy (non-hydrogen) atoms. The minimum absolute atomic E-state index is 0.206. The summed E-state index contributed by atoms with van der Waals surface area (Å²) in [5.74, 6) is 0. The zero-order valence-corrected chi connectivity index (χ0v) is 10.2. The van der Waals surface area contributed by atoms with E-state index in [9.17, 15) is 8.78 Å². The molecule has 0 bridgehead atoms. The molecule has 0 amide bonds. The van der Waals surface area contributed by atoms with Gasteiger partial charge in [0.1, 0.15) is 0 Å². The lowest BCUT2D eigenvalue weighted by atomic mass is 10.2. The molecule has 1 aromatic carbocycles. The normalized spacial score (nSPS) is 11.4. The first-order valence-electron chi connectivity index (χ1n) is 5.90. The second-order valence-corrected chi connectivity index (χ2v) is 4.17. The molecule has 0 aliphatic carbocycles. The molecule has 96 valence electrons. The maximum absolute atomic E-state index is 11.8. The van der Waals surface area contributed by atoms with Gasteiger partial charge in [0.2, 0.25) is 0 Å². The third-order valence-electron chi connectivity index (χ3n) is 2.49. The van der Waals surface area contributed by atoms with Crippen LogP contribution >= 0.6 is 0 Å². The van der Waals surface area contributed by atoms with Crippen LogP contribution in [0.5, 0.6) is 0 Å². The van der Waals surface area contributed by atoms with Crippen molar-refractivity contribution in [3.8, 4) is 0 Å². The van der Waals surface area contributed by atoms with E-state index in [2.05, 4.69) is 22.3 Å². The van der Waals surface area contributed by atoms with Crippen LogP contribution in [0.4, 0.5) is 8.78 Å². The molecule has 0 aromatic heterocycles. The van der Waals surface area contributed by atoms with Crippen LogP contribution in [-0.2, 0) is 6.54 Å². The SMILES string of the molecule is CN(CCCNCC(F)F)Cc1ccccc1. The van der Waals surface area contributed by atoms with Gasteiger partial charge in [-0.25, -0.2) is 8.78 Å². The van der Waals surface area contributed by atoms with Gasteiger partial charge in [0, 0.05) is 6.54 Å². The maximum Gasteiger partial charge on any atom is 0.250 e. The third-order valence-corrected chi connectivity index (χ3v) is 2.49. The molecule has 0 atom stereocenters. The van der Waals surface area contributed by atoms with E-state index < -0.39 is 6.43 Å². The standard InChI is InChI=1S/C13H20F2N2/c1-17(9-5-8-16-10-13(14)15)11-12-6-3-2-4-7-12/h2-4,6-7,13,16H,5,8-11H2,1H3. The van der Waals surface area contributed by atoms with Crippen molar-refractivity contribution in [3.05, 3.63) is 35.9 Å². The van der Waals surface area contributed by atoms with Crippen molar-refractivity contribution < 1.29 is 8.78 Å². The summed E-state index contributed by atoms with van der Waals surface area (Å²) < 4.78 is 23.7.